The van der Waals surface area contributed by atoms with Gasteiger partial charge in [-0.15, -0.1) is 0 Å². The number of rotatable bonds is 3. The molecule has 0 atom stereocenters. The number of nitriles is 1. The summed E-state index contributed by atoms with van der Waals surface area (Å²) in [5.41, 5.74) is 0.774. The van der Waals surface area contributed by atoms with Crippen molar-refractivity contribution in [3.63, 3.8) is 0 Å². The van der Waals surface area contributed by atoms with Crippen LogP contribution in [0, 0.1) is 11.3 Å². The fourth-order valence-electron chi connectivity index (χ4n) is 2.26. The maximum Gasteiger partial charge on any atom is 0.0991 e. The summed E-state index contributed by atoms with van der Waals surface area (Å²) in [7, 11) is -3.68. The Hall–Kier alpha value is -0.639. The molecule has 1 nitrogen and oxygen atoms in total. The average molecular weight is 292 g/mol. The smallest absolute Gasteiger partial charge is 0.0991 e. The minimum Gasteiger partial charge on any atom is -0.192 e. The molecule has 0 heterocycles. The van der Waals surface area contributed by atoms with Gasteiger partial charge >= 0.3 is 0 Å². The van der Waals surface area contributed by atoms with Gasteiger partial charge in [0.05, 0.1) is 19.2 Å². The van der Waals surface area contributed by atoms with Crippen LogP contribution in [0.5, 0.6) is 0 Å². The van der Waals surface area contributed by atoms with E-state index in [2.05, 4.69) is 64.0 Å². The molecule has 98 valence electrons. The van der Waals surface area contributed by atoms with Gasteiger partial charge in [-0.25, -0.2) is 0 Å². The fourth-order valence-corrected chi connectivity index (χ4v) is 32.3. The maximum absolute atomic E-state index is 8.90. The average Bonchev–Trinajstić information content (AvgIpc) is 2.27. The van der Waals surface area contributed by atoms with E-state index in [9.17, 15) is 0 Å². The van der Waals surface area contributed by atoms with Gasteiger partial charge in [0, 0.05) is 14.7 Å². The third-order valence-electron chi connectivity index (χ3n) is 5.17. The quantitative estimate of drug-likeness (QED) is 0.779. The van der Waals surface area contributed by atoms with Crippen LogP contribution in [0.3, 0.4) is 0 Å². The van der Waals surface area contributed by atoms with Crippen molar-refractivity contribution >= 4 is 27.5 Å². The Morgan fingerprint density at radius 1 is 0.833 bits per heavy atom. The molecule has 18 heavy (non-hydrogen) atoms. The lowest BCUT2D eigenvalue weighted by molar-refractivity contribution is 1.49. The highest BCUT2D eigenvalue weighted by Gasteiger charge is 2.50. The van der Waals surface area contributed by atoms with E-state index < -0.39 is 22.3 Å². The van der Waals surface area contributed by atoms with Crippen molar-refractivity contribution in [2.75, 3.05) is 0 Å². The minimum atomic E-state index is -1.39. The topological polar surface area (TPSA) is 23.8 Å². The van der Waals surface area contributed by atoms with E-state index in [1.54, 1.807) is 0 Å². The first-order chi connectivity index (χ1) is 8.04. The van der Waals surface area contributed by atoms with Crippen molar-refractivity contribution in [2.45, 2.75) is 45.8 Å². The van der Waals surface area contributed by atoms with Crippen LogP contribution in [-0.4, -0.2) is 22.3 Å². The molecule has 0 saturated carbocycles. The van der Waals surface area contributed by atoms with E-state index in [0.29, 0.717) is 0 Å². The monoisotopic (exact) mass is 291 g/mol. The van der Waals surface area contributed by atoms with Crippen LogP contribution < -0.4 is 5.19 Å². The van der Waals surface area contributed by atoms with E-state index >= 15 is 0 Å². The third kappa shape index (κ3) is 2.53. The second kappa shape index (κ2) is 4.80. The lowest BCUT2D eigenvalue weighted by atomic mass is 10.2. The van der Waals surface area contributed by atoms with Crippen molar-refractivity contribution in [1.82, 2.24) is 0 Å². The highest BCUT2D eigenvalue weighted by Crippen LogP contribution is 2.28. The predicted molar refractivity (Wildman–Crippen MR) is 89.1 cm³/mol. The number of hydrogen-bond donors (Lipinski definition) is 0. The van der Waals surface area contributed by atoms with Crippen LogP contribution in [0.15, 0.2) is 24.3 Å². The van der Waals surface area contributed by atoms with E-state index in [-0.39, 0.29) is 0 Å². The molecule has 1 aromatic rings. The Morgan fingerprint density at radius 2 is 1.28 bits per heavy atom. The van der Waals surface area contributed by atoms with Crippen LogP contribution in [0.1, 0.15) is 5.56 Å². The molecule has 1 aromatic carbocycles. The van der Waals surface area contributed by atoms with Gasteiger partial charge in [-0.3, -0.25) is 0 Å². The summed E-state index contributed by atoms with van der Waals surface area (Å²) in [5, 5.41) is 10.4. The molecular weight excluding hydrogens is 266 g/mol. The zero-order valence-corrected chi connectivity index (χ0v) is 15.8. The van der Waals surface area contributed by atoms with Gasteiger partial charge in [0.15, 0.2) is 0 Å². The van der Waals surface area contributed by atoms with Crippen LogP contribution in [0.2, 0.25) is 45.8 Å². The zero-order valence-electron chi connectivity index (χ0n) is 12.8. The molecule has 0 spiro atoms. The van der Waals surface area contributed by atoms with Gasteiger partial charge in [0.25, 0.3) is 0 Å². The van der Waals surface area contributed by atoms with Gasteiger partial charge in [-0.1, -0.05) is 63.1 Å². The van der Waals surface area contributed by atoms with Crippen molar-refractivity contribution < 1.29 is 0 Å². The van der Waals surface area contributed by atoms with Crippen molar-refractivity contribution in [2.24, 2.45) is 0 Å². The first kappa shape index (κ1) is 15.4. The van der Waals surface area contributed by atoms with Gasteiger partial charge in [-0.2, -0.15) is 5.26 Å². The summed E-state index contributed by atoms with van der Waals surface area (Å²) < 4.78 is 0. The minimum absolute atomic E-state index is 0.774. The number of hydrogen-bond acceptors (Lipinski definition) is 1. The summed E-state index contributed by atoms with van der Waals surface area (Å²) in [6.07, 6.45) is 0. The standard InChI is InChI=1S/C14H25NSi3/c1-16(2,3)18(6,7)17(4,5)14-10-8-13(12-15)9-11-14/h8-11H,1-7H3. The molecular formula is C14H25NSi3. The second-order valence-electron chi connectivity index (χ2n) is 7.19. The van der Waals surface area contributed by atoms with E-state index in [1.165, 1.54) is 5.19 Å². The van der Waals surface area contributed by atoms with Crippen LogP contribution in [0.25, 0.3) is 0 Å². The molecule has 0 aliphatic heterocycles. The fraction of sp³-hybridized carbons (Fsp3) is 0.500. The number of benzene rings is 1. The summed E-state index contributed by atoms with van der Waals surface area (Å²) in [6, 6.07) is 10.6. The van der Waals surface area contributed by atoms with Gasteiger partial charge in [0.2, 0.25) is 0 Å². The summed E-state index contributed by atoms with van der Waals surface area (Å²) in [5.74, 6) is 0. The Kier molecular flexibility index (Phi) is 4.11. The second-order valence-corrected chi connectivity index (χ2v) is 36.0. The van der Waals surface area contributed by atoms with E-state index in [1.807, 2.05) is 12.1 Å². The van der Waals surface area contributed by atoms with Gasteiger partial charge < -0.3 is 0 Å². The largest absolute Gasteiger partial charge is 0.192 e. The highest BCUT2D eigenvalue weighted by molar-refractivity contribution is 7.70. The van der Waals surface area contributed by atoms with Crippen molar-refractivity contribution in [3.05, 3.63) is 29.8 Å². The Balaban J connectivity index is 3.25. The Morgan fingerprint density at radius 3 is 1.61 bits per heavy atom. The molecule has 0 bridgehead atoms. The van der Waals surface area contributed by atoms with Gasteiger partial charge in [-0.05, 0) is 12.1 Å². The molecule has 0 fully saturated rings. The van der Waals surface area contributed by atoms with Crippen LogP contribution >= 0.6 is 0 Å². The Labute approximate surface area is 114 Å². The third-order valence-corrected chi connectivity index (χ3v) is 47.7. The van der Waals surface area contributed by atoms with Crippen molar-refractivity contribution in [1.29, 1.82) is 5.26 Å². The summed E-state index contributed by atoms with van der Waals surface area (Å²) in [6.45, 7) is 17.8. The molecule has 0 aromatic heterocycles. The Bertz CT molecular complexity index is 461. The van der Waals surface area contributed by atoms with Crippen LogP contribution in [0.4, 0.5) is 0 Å². The first-order valence-corrected chi connectivity index (χ1v) is 18.0. The molecule has 1 rings (SSSR count). The molecule has 0 unspecified atom stereocenters. The lowest BCUT2D eigenvalue weighted by Gasteiger charge is -2.47. The molecule has 4 heteroatoms. The molecule has 0 N–H and O–H groups in total. The normalized spacial score (nSPS) is 13.2. The summed E-state index contributed by atoms with van der Waals surface area (Å²) >= 11 is 0. The molecule has 0 aliphatic carbocycles. The highest BCUT2D eigenvalue weighted by atomic mass is 29.6. The predicted octanol–water partition coefficient (Wildman–Crippen LogP) is 3.68. The van der Waals surface area contributed by atoms with E-state index in [4.69, 9.17) is 5.26 Å². The molecule has 0 saturated heterocycles. The number of nitrogens with zero attached hydrogens (tertiary/aromatic N) is 1. The zero-order chi connectivity index (χ0) is 14.2. The molecule has 0 radical (unpaired) electrons. The first-order valence-electron chi connectivity index (χ1n) is 6.54. The van der Waals surface area contributed by atoms with Gasteiger partial charge in [0.1, 0.15) is 0 Å². The lowest BCUT2D eigenvalue weighted by Crippen LogP contribution is -2.73. The van der Waals surface area contributed by atoms with Crippen LogP contribution in [-0.2, 0) is 0 Å². The molecule has 0 amide bonds. The summed E-state index contributed by atoms with van der Waals surface area (Å²) in [4.78, 5) is 0. The maximum atomic E-state index is 8.90. The van der Waals surface area contributed by atoms with E-state index in [0.717, 1.165) is 5.56 Å². The molecule has 0 aliphatic rings. The SMILES string of the molecule is C[Si](C)(C)[Si](C)(C)[Si](C)(C)c1ccc(C#N)cc1. The van der Waals surface area contributed by atoms with Crippen molar-refractivity contribution in [3.8, 4) is 6.07 Å².